The van der Waals surface area contributed by atoms with Gasteiger partial charge in [-0.1, -0.05) is 6.07 Å². The number of anilines is 1. The highest BCUT2D eigenvalue weighted by atomic mass is 32.2. The molecule has 1 aliphatic heterocycles. The number of hydrogen-bond acceptors (Lipinski definition) is 3. The van der Waals surface area contributed by atoms with Gasteiger partial charge in [0.1, 0.15) is 0 Å². The molecule has 1 unspecified atom stereocenters. The zero-order valence-electron chi connectivity index (χ0n) is 9.90. The van der Waals surface area contributed by atoms with E-state index in [1.807, 2.05) is 30.8 Å². The van der Waals surface area contributed by atoms with Crippen molar-refractivity contribution in [2.24, 2.45) is 0 Å². The fourth-order valence-corrected chi connectivity index (χ4v) is 3.22. The van der Waals surface area contributed by atoms with Crippen LogP contribution in [0.25, 0.3) is 0 Å². The molecule has 3 nitrogen and oxygen atoms in total. The fourth-order valence-electron chi connectivity index (χ4n) is 2.02. The largest absolute Gasteiger partial charge is 0.478 e. The Kier molecular flexibility index (Phi) is 3.94. The number of carboxylic acid groups (broad SMARTS) is 1. The van der Waals surface area contributed by atoms with Crippen molar-refractivity contribution in [1.82, 2.24) is 0 Å². The average Bonchev–Trinajstić information content (AvgIpc) is 2.78. The fraction of sp³-hybridized carbons (Fsp3) is 0.462. The summed E-state index contributed by atoms with van der Waals surface area (Å²) in [5.41, 5.74) is 2.18. The van der Waals surface area contributed by atoms with E-state index in [0.717, 1.165) is 17.8 Å². The summed E-state index contributed by atoms with van der Waals surface area (Å²) in [7, 11) is 0. The number of thioether (sulfide) groups is 1. The number of aromatic carboxylic acids is 1. The molecule has 1 atom stereocenters. The molecule has 1 aliphatic rings. The minimum atomic E-state index is -0.869. The molecule has 0 amide bonds. The molecule has 1 fully saturated rings. The number of benzene rings is 1. The summed E-state index contributed by atoms with van der Waals surface area (Å²) in [5, 5.41) is 13.0. The second kappa shape index (κ2) is 5.45. The lowest BCUT2D eigenvalue weighted by atomic mass is 10.1. The topological polar surface area (TPSA) is 49.3 Å². The van der Waals surface area contributed by atoms with Crippen LogP contribution in [0.3, 0.4) is 0 Å². The monoisotopic (exact) mass is 251 g/mol. The van der Waals surface area contributed by atoms with Gasteiger partial charge in [0.25, 0.3) is 0 Å². The highest BCUT2D eigenvalue weighted by Crippen LogP contribution is 2.27. The van der Waals surface area contributed by atoms with Gasteiger partial charge >= 0.3 is 5.97 Å². The molecule has 0 aliphatic carbocycles. The average molecular weight is 251 g/mol. The van der Waals surface area contributed by atoms with Crippen LogP contribution in [0.2, 0.25) is 0 Å². The molecule has 92 valence electrons. The minimum absolute atomic E-state index is 0.360. The van der Waals surface area contributed by atoms with E-state index in [4.69, 9.17) is 5.11 Å². The van der Waals surface area contributed by atoms with E-state index >= 15 is 0 Å². The van der Waals surface area contributed by atoms with Crippen LogP contribution < -0.4 is 5.32 Å². The summed E-state index contributed by atoms with van der Waals surface area (Å²) in [6, 6.07) is 5.41. The van der Waals surface area contributed by atoms with Crippen LogP contribution in [-0.2, 0) is 0 Å². The lowest BCUT2D eigenvalue weighted by Crippen LogP contribution is -2.15. The minimum Gasteiger partial charge on any atom is -0.478 e. The van der Waals surface area contributed by atoms with E-state index in [1.165, 1.54) is 18.6 Å². The van der Waals surface area contributed by atoms with Crippen molar-refractivity contribution in [3.05, 3.63) is 29.3 Å². The third kappa shape index (κ3) is 3.16. The third-order valence-corrected chi connectivity index (χ3v) is 4.35. The molecule has 2 N–H and O–H groups in total. The van der Waals surface area contributed by atoms with Gasteiger partial charge in [-0.05, 0) is 43.2 Å². The van der Waals surface area contributed by atoms with Crippen molar-refractivity contribution in [3.8, 4) is 0 Å². The molecule has 1 aromatic rings. The Morgan fingerprint density at radius 1 is 1.59 bits per heavy atom. The number of aryl methyl sites for hydroxylation is 1. The van der Waals surface area contributed by atoms with Crippen molar-refractivity contribution in [3.63, 3.8) is 0 Å². The summed E-state index contributed by atoms with van der Waals surface area (Å²) in [4.78, 5) is 11.1. The molecule has 1 saturated heterocycles. The summed E-state index contributed by atoms with van der Waals surface area (Å²) < 4.78 is 0. The maximum absolute atomic E-state index is 11.1. The molecule has 4 heteroatoms. The number of nitrogens with one attached hydrogen (secondary N) is 1. The highest BCUT2D eigenvalue weighted by Gasteiger charge is 2.16. The third-order valence-electron chi connectivity index (χ3n) is 2.95. The van der Waals surface area contributed by atoms with Gasteiger partial charge in [0.15, 0.2) is 0 Å². The first kappa shape index (κ1) is 12.3. The molecule has 0 spiro atoms. The molecule has 0 bridgehead atoms. The van der Waals surface area contributed by atoms with Crippen molar-refractivity contribution in [2.45, 2.75) is 25.0 Å². The van der Waals surface area contributed by atoms with E-state index in [1.54, 1.807) is 6.07 Å². The summed E-state index contributed by atoms with van der Waals surface area (Å²) in [6.07, 6.45) is 2.50. The second-order valence-electron chi connectivity index (χ2n) is 4.37. The Morgan fingerprint density at radius 3 is 3.06 bits per heavy atom. The molecule has 1 heterocycles. The highest BCUT2D eigenvalue weighted by molar-refractivity contribution is 8.00. The maximum Gasteiger partial charge on any atom is 0.337 e. The van der Waals surface area contributed by atoms with Crippen LogP contribution in [0.15, 0.2) is 18.2 Å². The lowest BCUT2D eigenvalue weighted by molar-refractivity contribution is 0.0698. The van der Waals surface area contributed by atoms with Gasteiger partial charge in [0.05, 0.1) is 5.56 Å². The normalized spacial score (nSPS) is 19.2. The Labute approximate surface area is 106 Å². The van der Waals surface area contributed by atoms with Crippen LogP contribution in [0.1, 0.15) is 28.8 Å². The van der Waals surface area contributed by atoms with E-state index < -0.39 is 5.97 Å². The molecule has 0 saturated carbocycles. The predicted molar refractivity (Wildman–Crippen MR) is 72.1 cm³/mol. The maximum atomic E-state index is 11.1. The Morgan fingerprint density at radius 2 is 2.41 bits per heavy atom. The Bertz CT molecular complexity index is 414. The first-order valence-corrected chi connectivity index (χ1v) is 6.91. The van der Waals surface area contributed by atoms with Crippen LogP contribution in [0.4, 0.5) is 5.69 Å². The standard InChI is InChI=1S/C13H17NO2S/c1-9-4-5-11(13(15)16)12(7-9)14-8-10-3-2-6-17-10/h4-5,7,10,14H,2-3,6,8H2,1H3,(H,15,16). The van der Waals surface area contributed by atoms with Crippen molar-refractivity contribution in [2.75, 3.05) is 17.6 Å². The zero-order valence-corrected chi connectivity index (χ0v) is 10.7. The lowest BCUT2D eigenvalue weighted by Gasteiger charge is -2.13. The Balaban J connectivity index is 2.07. The van der Waals surface area contributed by atoms with Crippen LogP contribution >= 0.6 is 11.8 Å². The van der Waals surface area contributed by atoms with Gasteiger partial charge < -0.3 is 10.4 Å². The van der Waals surface area contributed by atoms with Gasteiger partial charge in [-0.2, -0.15) is 11.8 Å². The second-order valence-corrected chi connectivity index (χ2v) is 5.78. The SMILES string of the molecule is Cc1ccc(C(=O)O)c(NCC2CCCS2)c1. The van der Waals surface area contributed by atoms with Crippen LogP contribution in [0.5, 0.6) is 0 Å². The van der Waals surface area contributed by atoms with E-state index in [9.17, 15) is 4.79 Å². The molecule has 17 heavy (non-hydrogen) atoms. The Hall–Kier alpha value is -1.16. The van der Waals surface area contributed by atoms with E-state index in [-0.39, 0.29) is 0 Å². The summed E-state index contributed by atoms with van der Waals surface area (Å²) in [5.74, 6) is 0.359. The van der Waals surface area contributed by atoms with Gasteiger partial charge in [-0.3, -0.25) is 0 Å². The number of rotatable bonds is 4. The van der Waals surface area contributed by atoms with E-state index in [0.29, 0.717) is 10.8 Å². The smallest absolute Gasteiger partial charge is 0.337 e. The first-order valence-electron chi connectivity index (χ1n) is 5.86. The molecule has 0 aromatic heterocycles. The van der Waals surface area contributed by atoms with Gasteiger partial charge in [-0.25, -0.2) is 4.79 Å². The van der Waals surface area contributed by atoms with E-state index in [2.05, 4.69) is 5.32 Å². The van der Waals surface area contributed by atoms with Crippen molar-refractivity contribution < 1.29 is 9.90 Å². The molecular formula is C13H17NO2S. The molecule has 0 radical (unpaired) electrons. The van der Waals surface area contributed by atoms with Crippen molar-refractivity contribution in [1.29, 1.82) is 0 Å². The van der Waals surface area contributed by atoms with Gasteiger partial charge in [-0.15, -0.1) is 0 Å². The molecular weight excluding hydrogens is 234 g/mol. The van der Waals surface area contributed by atoms with Crippen molar-refractivity contribution >= 4 is 23.4 Å². The van der Waals surface area contributed by atoms with Crippen LogP contribution in [0, 0.1) is 6.92 Å². The number of carboxylic acids is 1. The van der Waals surface area contributed by atoms with Crippen LogP contribution in [-0.4, -0.2) is 28.6 Å². The molecule has 1 aromatic carbocycles. The zero-order chi connectivity index (χ0) is 12.3. The predicted octanol–water partition coefficient (Wildman–Crippen LogP) is 3.00. The van der Waals surface area contributed by atoms with Gasteiger partial charge in [0.2, 0.25) is 0 Å². The first-order chi connectivity index (χ1) is 8.16. The summed E-state index contributed by atoms with van der Waals surface area (Å²) >= 11 is 1.97. The number of hydrogen-bond donors (Lipinski definition) is 2. The summed E-state index contributed by atoms with van der Waals surface area (Å²) in [6.45, 7) is 2.83. The molecule has 2 rings (SSSR count). The quantitative estimate of drug-likeness (QED) is 0.863. The number of carbonyl (C=O) groups is 1. The van der Waals surface area contributed by atoms with Gasteiger partial charge in [0, 0.05) is 17.5 Å².